The molecule has 5 rings (SSSR count). The molecule has 10 nitrogen and oxygen atoms in total. The number of ether oxygens (including phenoxy) is 2. The van der Waals surface area contributed by atoms with E-state index in [4.69, 9.17) is 9.47 Å². The summed E-state index contributed by atoms with van der Waals surface area (Å²) in [4.78, 5) is 38.4. The predicted octanol–water partition coefficient (Wildman–Crippen LogP) is 6.08. The lowest BCUT2D eigenvalue weighted by atomic mass is 9.92. The molecule has 0 bridgehead atoms. The average Bonchev–Trinajstić information content (AvgIpc) is 3.48. The molecule has 0 aliphatic heterocycles. The number of hydrogen-bond donors (Lipinski definition) is 3. The number of nitrogens with zero attached hydrogens (tertiary/aromatic N) is 2. The highest BCUT2D eigenvalue weighted by Crippen LogP contribution is 2.35. The van der Waals surface area contributed by atoms with Crippen LogP contribution in [-0.2, 0) is 35.5 Å². The number of carboxylic acids is 1. The van der Waals surface area contributed by atoms with Crippen molar-refractivity contribution in [2.45, 2.75) is 63.8 Å². The molecule has 0 unspecified atom stereocenters. The van der Waals surface area contributed by atoms with Gasteiger partial charge < -0.3 is 25.2 Å². The molecule has 1 saturated carbocycles. The van der Waals surface area contributed by atoms with Crippen LogP contribution in [-0.4, -0.2) is 44.8 Å². The largest absolute Gasteiger partial charge is 0.487 e. The molecule has 0 saturated heterocycles. The number of alkyl halides is 3. The topological polar surface area (TPSA) is 132 Å². The fraction of sp³-hybridized carbons (Fsp3) is 0.294. The zero-order valence-electron chi connectivity index (χ0n) is 25.2. The van der Waals surface area contributed by atoms with Crippen molar-refractivity contribution in [1.82, 2.24) is 15.1 Å². The fourth-order valence-electron chi connectivity index (χ4n) is 5.30. The van der Waals surface area contributed by atoms with Crippen molar-refractivity contribution in [3.63, 3.8) is 0 Å². The first-order valence-electron chi connectivity index (χ1n) is 15.0. The number of rotatable bonds is 12. The molecule has 0 radical (unpaired) electrons. The molecule has 2 atom stereocenters. The van der Waals surface area contributed by atoms with Gasteiger partial charge in [0.05, 0.1) is 30.0 Å². The quantitative estimate of drug-likeness (QED) is 0.170. The van der Waals surface area contributed by atoms with Gasteiger partial charge >= 0.3 is 12.1 Å². The molecule has 1 fully saturated rings. The number of anilines is 1. The zero-order chi connectivity index (χ0) is 33.4. The molecule has 246 valence electrons. The normalized spacial score (nSPS) is 16.3. The number of aromatic nitrogens is 2. The van der Waals surface area contributed by atoms with Gasteiger partial charge in [-0.1, -0.05) is 73.5 Å². The van der Waals surface area contributed by atoms with E-state index < -0.39 is 41.8 Å². The van der Waals surface area contributed by atoms with Crippen LogP contribution in [0.25, 0.3) is 0 Å². The maximum absolute atomic E-state index is 13.6. The van der Waals surface area contributed by atoms with E-state index in [1.165, 1.54) is 0 Å². The SMILES string of the molecule is O=C(Cn1nc(C(=O)O)cc1C(=O)Nc1cc(C(F)(F)F)ccc1OCc1ccccc1)N[C@H]1CCCC[C@@H]1OCc1ccccc1. The van der Waals surface area contributed by atoms with Crippen LogP contribution < -0.4 is 15.4 Å². The highest BCUT2D eigenvalue weighted by atomic mass is 19.4. The van der Waals surface area contributed by atoms with Crippen LogP contribution >= 0.6 is 0 Å². The van der Waals surface area contributed by atoms with E-state index in [9.17, 15) is 32.7 Å². The molecule has 47 heavy (non-hydrogen) atoms. The van der Waals surface area contributed by atoms with Crippen LogP contribution in [0.15, 0.2) is 84.9 Å². The van der Waals surface area contributed by atoms with Crippen molar-refractivity contribution < 1.29 is 42.1 Å². The summed E-state index contributed by atoms with van der Waals surface area (Å²) in [5, 5.41) is 18.8. The molecular formula is C34H33F3N4O6. The molecule has 2 amide bonds. The molecule has 1 aliphatic rings. The maximum Gasteiger partial charge on any atom is 0.416 e. The van der Waals surface area contributed by atoms with Crippen LogP contribution in [0.1, 0.15) is 63.4 Å². The second-order valence-corrected chi connectivity index (χ2v) is 11.1. The van der Waals surface area contributed by atoms with Gasteiger partial charge in [-0.05, 0) is 42.2 Å². The van der Waals surface area contributed by atoms with Gasteiger partial charge in [-0.25, -0.2) is 9.48 Å². The Morgan fingerprint density at radius 2 is 1.55 bits per heavy atom. The minimum Gasteiger partial charge on any atom is -0.487 e. The summed E-state index contributed by atoms with van der Waals surface area (Å²) in [5.41, 5.74) is -0.457. The Bertz CT molecular complexity index is 1700. The molecule has 13 heteroatoms. The number of halogens is 3. The lowest BCUT2D eigenvalue weighted by molar-refractivity contribution is -0.137. The summed E-state index contributed by atoms with van der Waals surface area (Å²) >= 11 is 0. The maximum atomic E-state index is 13.6. The van der Waals surface area contributed by atoms with Crippen LogP contribution in [0.4, 0.5) is 18.9 Å². The number of carbonyl (C=O) groups excluding carboxylic acids is 2. The fourth-order valence-corrected chi connectivity index (χ4v) is 5.30. The minimum absolute atomic E-state index is 0.00750. The molecule has 0 spiro atoms. The number of benzene rings is 3. The lowest BCUT2D eigenvalue weighted by Crippen LogP contribution is -2.47. The van der Waals surface area contributed by atoms with E-state index in [1.807, 2.05) is 30.3 Å². The molecule has 3 aromatic carbocycles. The van der Waals surface area contributed by atoms with Gasteiger partial charge in [0, 0.05) is 6.07 Å². The molecule has 1 heterocycles. The summed E-state index contributed by atoms with van der Waals surface area (Å²) in [6, 6.07) is 21.8. The third kappa shape index (κ3) is 8.97. The monoisotopic (exact) mass is 650 g/mol. The van der Waals surface area contributed by atoms with Crippen molar-refractivity contribution in [3.05, 3.63) is 113 Å². The molecule has 1 aromatic heterocycles. The Morgan fingerprint density at radius 3 is 2.21 bits per heavy atom. The van der Waals surface area contributed by atoms with Crippen LogP contribution in [0.5, 0.6) is 5.75 Å². The van der Waals surface area contributed by atoms with E-state index in [2.05, 4.69) is 15.7 Å². The number of aromatic carboxylic acids is 1. The summed E-state index contributed by atoms with van der Waals surface area (Å²) in [7, 11) is 0. The van der Waals surface area contributed by atoms with Gasteiger partial charge in [0.15, 0.2) is 5.69 Å². The lowest BCUT2D eigenvalue weighted by Gasteiger charge is -2.32. The van der Waals surface area contributed by atoms with Crippen LogP contribution in [0.3, 0.4) is 0 Å². The van der Waals surface area contributed by atoms with Crippen molar-refractivity contribution in [2.24, 2.45) is 0 Å². The first kappa shape index (κ1) is 33.2. The van der Waals surface area contributed by atoms with Crippen molar-refractivity contribution in [3.8, 4) is 5.75 Å². The van der Waals surface area contributed by atoms with Gasteiger partial charge in [0.2, 0.25) is 5.91 Å². The predicted molar refractivity (Wildman–Crippen MR) is 165 cm³/mol. The van der Waals surface area contributed by atoms with E-state index in [0.29, 0.717) is 13.0 Å². The molecule has 1 aliphatic carbocycles. The molecule has 4 aromatic rings. The molecular weight excluding hydrogens is 617 g/mol. The summed E-state index contributed by atoms with van der Waals surface area (Å²) < 4.78 is 53.5. The Balaban J connectivity index is 1.32. The Labute approximate surface area is 268 Å². The smallest absolute Gasteiger partial charge is 0.416 e. The number of carboxylic acid groups (broad SMARTS) is 1. The highest BCUT2D eigenvalue weighted by molar-refractivity contribution is 6.05. The number of nitrogens with one attached hydrogen (secondary N) is 2. The van der Waals surface area contributed by atoms with E-state index >= 15 is 0 Å². The summed E-state index contributed by atoms with van der Waals surface area (Å²) in [6.45, 7) is -0.138. The first-order chi connectivity index (χ1) is 22.6. The number of hydrogen-bond acceptors (Lipinski definition) is 6. The van der Waals surface area contributed by atoms with Crippen LogP contribution in [0.2, 0.25) is 0 Å². The Kier molecular flexibility index (Phi) is 10.6. The van der Waals surface area contributed by atoms with Crippen molar-refractivity contribution >= 4 is 23.5 Å². The van der Waals surface area contributed by atoms with Gasteiger partial charge in [0.25, 0.3) is 5.91 Å². The highest BCUT2D eigenvalue weighted by Gasteiger charge is 2.32. The van der Waals surface area contributed by atoms with Gasteiger partial charge in [-0.2, -0.15) is 18.3 Å². The molecule has 3 N–H and O–H groups in total. The number of carbonyl (C=O) groups is 3. The minimum atomic E-state index is -4.71. The second kappa shape index (κ2) is 14.9. The van der Waals surface area contributed by atoms with Gasteiger partial charge in [-0.3, -0.25) is 9.59 Å². The third-order valence-corrected chi connectivity index (χ3v) is 7.67. The standard InChI is InChI=1S/C34H33F3N4O6/c35-34(36,37)24-15-16-30(47-21-23-11-5-2-6-12-23)26(17-24)39-32(43)28-18-27(33(44)45)40-41(28)19-31(42)38-25-13-7-8-14-29(25)46-20-22-9-3-1-4-10-22/h1-6,9-12,15-18,25,29H,7-8,13-14,19-21H2,(H,38,42)(H,39,43)(H,44,45)/t25-,29-/m0/s1. The average molecular weight is 651 g/mol. The second-order valence-electron chi connectivity index (χ2n) is 11.1. The third-order valence-electron chi connectivity index (χ3n) is 7.67. The summed E-state index contributed by atoms with van der Waals surface area (Å²) in [5.74, 6) is -3.02. The van der Waals surface area contributed by atoms with Crippen molar-refractivity contribution in [1.29, 1.82) is 0 Å². The van der Waals surface area contributed by atoms with Crippen molar-refractivity contribution in [2.75, 3.05) is 5.32 Å². The van der Waals surface area contributed by atoms with Gasteiger partial charge in [0.1, 0.15) is 24.6 Å². The van der Waals surface area contributed by atoms with Crippen LogP contribution in [0, 0.1) is 0 Å². The van der Waals surface area contributed by atoms with E-state index in [0.717, 1.165) is 59.3 Å². The Morgan fingerprint density at radius 1 is 0.894 bits per heavy atom. The van der Waals surface area contributed by atoms with Gasteiger partial charge in [-0.15, -0.1) is 0 Å². The number of amides is 2. The first-order valence-corrected chi connectivity index (χ1v) is 15.0. The van der Waals surface area contributed by atoms with E-state index in [-0.39, 0.29) is 35.9 Å². The zero-order valence-corrected chi connectivity index (χ0v) is 25.2. The summed E-state index contributed by atoms with van der Waals surface area (Å²) in [6.07, 6.45) is -1.75. The van der Waals surface area contributed by atoms with E-state index in [1.54, 1.807) is 30.3 Å². The Hall–Kier alpha value is -5.17.